The third kappa shape index (κ3) is 4.26. The predicted octanol–water partition coefficient (Wildman–Crippen LogP) is 3.49. The van der Waals surface area contributed by atoms with Gasteiger partial charge in [0.25, 0.3) is 0 Å². The van der Waals surface area contributed by atoms with Crippen LogP contribution < -0.4 is 11.3 Å². The highest BCUT2D eigenvalue weighted by Gasteiger charge is 2.22. The highest BCUT2D eigenvalue weighted by Crippen LogP contribution is 2.27. The largest absolute Gasteiger partial charge is 0.271 e. The lowest BCUT2D eigenvalue weighted by molar-refractivity contribution is 0.285. The molecule has 0 spiro atoms. The van der Waals surface area contributed by atoms with Crippen LogP contribution in [-0.4, -0.2) is 11.0 Å². The fraction of sp³-hybridized carbons (Fsp3) is 0.800. The van der Waals surface area contributed by atoms with Gasteiger partial charge in [-0.3, -0.25) is 11.3 Å². The molecule has 1 aromatic rings. The van der Waals surface area contributed by atoms with E-state index in [0.717, 1.165) is 12.3 Å². The maximum Gasteiger partial charge on any atom is 0.0947 e. The lowest BCUT2D eigenvalue weighted by Crippen LogP contribution is -2.42. The zero-order valence-electron chi connectivity index (χ0n) is 12.2. The van der Waals surface area contributed by atoms with Crippen LogP contribution in [0.4, 0.5) is 0 Å². The zero-order valence-corrected chi connectivity index (χ0v) is 13.1. The Morgan fingerprint density at radius 2 is 1.84 bits per heavy atom. The van der Waals surface area contributed by atoms with Crippen molar-refractivity contribution in [1.82, 2.24) is 10.4 Å². The van der Waals surface area contributed by atoms with Gasteiger partial charge in [0.05, 0.1) is 10.7 Å². The Labute approximate surface area is 121 Å². The van der Waals surface area contributed by atoms with E-state index in [1.807, 2.05) is 11.3 Å². The summed E-state index contributed by atoms with van der Waals surface area (Å²) in [4.78, 5) is 5.99. The van der Waals surface area contributed by atoms with Gasteiger partial charge in [-0.05, 0) is 32.6 Å². The molecule has 1 saturated carbocycles. The molecule has 3 nitrogen and oxygen atoms in total. The molecule has 108 valence electrons. The van der Waals surface area contributed by atoms with Crippen LogP contribution in [0.5, 0.6) is 0 Å². The standard InChI is InChI=1S/C15H27N3S/c1-11-12(2)19-15(17-11)10-14(18-16)13-8-6-4-3-5-7-9-13/h13-14,18H,3-10,16H2,1-2H3. The van der Waals surface area contributed by atoms with E-state index in [9.17, 15) is 0 Å². The molecule has 0 bridgehead atoms. The fourth-order valence-electron chi connectivity index (χ4n) is 3.07. The number of aryl methyl sites for hydroxylation is 2. The molecule has 0 aliphatic heterocycles. The Hall–Kier alpha value is -0.450. The number of aromatic nitrogens is 1. The van der Waals surface area contributed by atoms with Crippen molar-refractivity contribution in [1.29, 1.82) is 0 Å². The molecule has 0 saturated heterocycles. The Morgan fingerprint density at radius 3 is 2.37 bits per heavy atom. The Balaban J connectivity index is 1.97. The molecule has 1 aromatic heterocycles. The van der Waals surface area contributed by atoms with Crippen LogP contribution in [0.3, 0.4) is 0 Å². The molecule has 4 heteroatoms. The lowest BCUT2D eigenvalue weighted by atomic mass is 9.85. The van der Waals surface area contributed by atoms with Gasteiger partial charge in [-0.15, -0.1) is 11.3 Å². The molecule has 3 N–H and O–H groups in total. The van der Waals surface area contributed by atoms with Crippen molar-refractivity contribution in [3.05, 3.63) is 15.6 Å². The third-order valence-electron chi connectivity index (χ3n) is 4.40. The third-order valence-corrected chi connectivity index (χ3v) is 5.50. The minimum Gasteiger partial charge on any atom is -0.271 e. The molecule has 1 fully saturated rings. The average molecular weight is 281 g/mol. The van der Waals surface area contributed by atoms with Gasteiger partial charge in [-0.25, -0.2) is 4.98 Å². The Morgan fingerprint density at radius 1 is 1.21 bits per heavy atom. The second kappa shape index (κ2) is 7.36. The van der Waals surface area contributed by atoms with Crippen molar-refractivity contribution in [2.24, 2.45) is 11.8 Å². The van der Waals surface area contributed by atoms with Gasteiger partial charge < -0.3 is 0 Å². The van der Waals surface area contributed by atoms with Crippen molar-refractivity contribution in [3.8, 4) is 0 Å². The molecular formula is C15H27N3S. The summed E-state index contributed by atoms with van der Waals surface area (Å²) >= 11 is 1.82. The van der Waals surface area contributed by atoms with Gasteiger partial charge in [0.2, 0.25) is 0 Å². The molecule has 0 radical (unpaired) electrons. The molecule has 1 aliphatic rings. The van der Waals surface area contributed by atoms with Crippen molar-refractivity contribution in [3.63, 3.8) is 0 Å². The summed E-state index contributed by atoms with van der Waals surface area (Å²) in [7, 11) is 0. The Bertz CT molecular complexity index is 361. The SMILES string of the molecule is Cc1nc(CC(NN)C2CCCCCCC2)sc1C. The minimum absolute atomic E-state index is 0.392. The van der Waals surface area contributed by atoms with Gasteiger partial charge in [0.1, 0.15) is 0 Å². The first-order chi connectivity index (χ1) is 9.20. The first-order valence-electron chi connectivity index (χ1n) is 7.59. The van der Waals surface area contributed by atoms with E-state index < -0.39 is 0 Å². The van der Waals surface area contributed by atoms with E-state index in [0.29, 0.717) is 6.04 Å². The number of hydrogen-bond acceptors (Lipinski definition) is 4. The van der Waals surface area contributed by atoms with Crippen LogP contribution in [0.2, 0.25) is 0 Å². The second-order valence-corrected chi connectivity index (χ2v) is 7.12. The van der Waals surface area contributed by atoms with Crippen molar-refractivity contribution in [2.45, 2.75) is 71.3 Å². The molecule has 0 amide bonds. The fourth-order valence-corrected chi connectivity index (χ4v) is 4.06. The van der Waals surface area contributed by atoms with Crippen LogP contribution in [-0.2, 0) is 6.42 Å². The van der Waals surface area contributed by atoms with Gasteiger partial charge in [-0.2, -0.15) is 0 Å². The molecule has 1 atom stereocenters. The summed E-state index contributed by atoms with van der Waals surface area (Å²) in [6.45, 7) is 4.24. The highest BCUT2D eigenvalue weighted by molar-refractivity contribution is 7.11. The zero-order chi connectivity index (χ0) is 13.7. The van der Waals surface area contributed by atoms with E-state index >= 15 is 0 Å². The van der Waals surface area contributed by atoms with Crippen LogP contribution in [0.25, 0.3) is 0 Å². The number of nitrogens with two attached hydrogens (primary N) is 1. The quantitative estimate of drug-likeness (QED) is 0.656. The summed E-state index contributed by atoms with van der Waals surface area (Å²) in [6, 6.07) is 0.392. The number of nitrogens with zero attached hydrogens (tertiary/aromatic N) is 1. The maximum atomic E-state index is 5.81. The number of rotatable bonds is 4. The van der Waals surface area contributed by atoms with Crippen molar-refractivity contribution in [2.75, 3.05) is 0 Å². The molecule has 0 aromatic carbocycles. The topological polar surface area (TPSA) is 50.9 Å². The first-order valence-corrected chi connectivity index (χ1v) is 8.41. The predicted molar refractivity (Wildman–Crippen MR) is 82.2 cm³/mol. The minimum atomic E-state index is 0.392. The maximum absolute atomic E-state index is 5.81. The highest BCUT2D eigenvalue weighted by atomic mass is 32.1. The number of thiazole rings is 1. The molecular weight excluding hydrogens is 254 g/mol. The van der Waals surface area contributed by atoms with Gasteiger partial charge in [-0.1, -0.05) is 32.1 Å². The van der Waals surface area contributed by atoms with E-state index in [1.165, 1.54) is 60.5 Å². The molecule has 1 aliphatic carbocycles. The van der Waals surface area contributed by atoms with Gasteiger partial charge in [0, 0.05) is 17.3 Å². The lowest BCUT2D eigenvalue weighted by Gasteiger charge is -2.27. The van der Waals surface area contributed by atoms with Crippen molar-refractivity contribution < 1.29 is 0 Å². The Kier molecular flexibility index (Phi) is 5.79. The van der Waals surface area contributed by atoms with Gasteiger partial charge >= 0.3 is 0 Å². The van der Waals surface area contributed by atoms with Crippen LogP contribution in [0.1, 0.15) is 60.5 Å². The van der Waals surface area contributed by atoms with Crippen LogP contribution in [0.15, 0.2) is 0 Å². The molecule has 1 heterocycles. The van der Waals surface area contributed by atoms with E-state index in [1.54, 1.807) is 0 Å². The van der Waals surface area contributed by atoms with Crippen molar-refractivity contribution >= 4 is 11.3 Å². The number of hydrazine groups is 1. The summed E-state index contributed by atoms with van der Waals surface area (Å²) in [6.07, 6.45) is 10.5. The summed E-state index contributed by atoms with van der Waals surface area (Å²) in [5.74, 6) is 6.53. The summed E-state index contributed by atoms with van der Waals surface area (Å²) in [5, 5.41) is 1.24. The summed E-state index contributed by atoms with van der Waals surface area (Å²) < 4.78 is 0. The van der Waals surface area contributed by atoms with E-state index in [4.69, 9.17) is 5.84 Å². The van der Waals surface area contributed by atoms with E-state index in [-0.39, 0.29) is 0 Å². The molecule has 2 rings (SSSR count). The molecule has 1 unspecified atom stereocenters. The average Bonchev–Trinajstić information content (AvgIpc) is 2.66. The first kappa shape index (κ1) is 14.9. The van der Waals surface area contributed by atoms with Crippen LogP contribution >= 0.6 is 11.3 Å². The monoisotopic (exact) mass is 281 g/mol. The normalized spacial score (nSPS) is 19.9. The van der Waals surface area contributed by atoms with Gasteiger partial charge in [0.15, 0.2) is 0 Å². The van der Waals surface area contributed by atoms with Crippen LogP contribution in [0, 0.1) is 19.8 Å². The number of nitrogens with one attached hydrogen (secondary N) is 1. The number of hydrogen-bond donors (Lipinski definition) is 2. The summed E-state index contributed by atoms with van der Waals surface area (Å²) in [5.41, 5.74) is 4.24. The van der Waals surface area contributed by atoms with E-state index in [2.05, 4.69) is 24.3 Å². The molecule has 19 heavy (non-hydrogen) atoms. The second-order valence-electron chi connectivity index (χ2n) is 5.83. The smallest absolute Gasteiger partial charge is 0.0947 e.